The molecule has 2 N–H and O–H groups in total. The van der Waals surface area contributed by atoms with Gasteiger partial charge < -0.3 is 15.4 Å². The summed E-state index contributed by atoms with van der Waals surface area (Å²) >= 11 is 0. The molecule has 98 valence electrons. The number of carbonyl (C=O) groups is 2. The Labute approximate surface area is 107 Å². The van der Waals surface area contributed by atoms with Crippen molar-refractivity contribution in [2.75, 3.05) is 18.5 Å². The molecule has 0 unspecified atom stereocenters. The molecule has 0 heterocycles. The number of esters is 1. The van der Waals surface area contributed by atoms with Crippen LogP contribution in [0.4, 0.5) is 10.5 Å². The molecule has 0 radical (unpaired) electrons. The van der Waals surface area contributed by atoms with E-state index in [4.69, 9.17) is 4.74 Å². The number of nitrogens with one attached hydrogen (secondary N) is 2. The Kier molecular flexibility index (Phi) is 5.17. The number of hydrogen-bond acceptors (Lipinski definition) is 3. The fourth-order valence-corrected chi connectivity index (χ4v) is 1.53. The first-order valence-corrected chi connectivity index (χ1v) is 5.75. The van der Waals surface area contributed by atoms with E-state index in [-0.39, 0.29) is 25.2 Å². The number of rotatable bonds is 4. The van der Waals surface area contributed by atoms with Gasteiger partial charge in [-0.1, -0.05) is 18.2 Å². The Balaban J connectivity index is 2.43. The van der Waals surface area contributed by atoms with Gasteiger partial charge in [0.15, 0.2) is 0 Å². The van der Waals surface area contributed by atoms with E-state index in [0.717, 1.165) is 16.8 Å². The van der Waals surface area contributed by atoms with Gasteiger partial charge in [0, 0.05) is 12.6 Å². The Morgan fingerprint density at radius 2 is 1.83 bits per heavy atom. The van der Waals surface area contributed by atoms with E-state index in [9.17, 15) is 9.59 Å². The summed E-state index contributed by atoms with van der Waals surface area (Å²) in [4.78, 5) is 22.1. The van der Waals surface area contributed by atoms with Crippen molar-refractivity contribution in [1.29, 1.82) is 0 Å². The number of carbonyl (C=O) groups excluding carboxylic acids is 2. The smallest absolute Gasteiger partial charge is 0.319 e. The molecule has 1 aromatic carbocycles. The molecule has 0 fully saturated rings. The molecule has 0 saturated carbocycles. The number of para-hydroxylation sites is 1. The van der Waals surface area contributed by atoms with Crippen LogP contribution in [0.3, 0.4) is 0 Å². The third kappa shape index (κ3) is 4.45. The van der Waals surface area contributed by atoms with Crippen LogP contribution in [0.2, 0.25) is 0 Å². The molecule has 2 amide bonds. The second-order valence-electron chi connectivity index (χ2n) is 3.99. The van der Waals surface area contributed by atoms with Crippen LogP contribution in [0.25, 0.3) is 0 Å². The molecular weight excluding hydrogens is 232 g/mol. The molecule has 0 bridgehead atoms. The fourth-order valence-electron chi connectivity index (χ4n) is 1.53. The molecule has 0 aliphatic carbocycles. The molecule has 0 aromatic heterocycles. The van der Waals surface area contributed by atoms with Crippen molar-refractivity contribution >= 4 is 17.7 Å². The minimum atomic E-state index is -0.355. The second kappa shape index (κ2) is 6.64. The van der Waals surface area contributed by atoms with E-state index in [0.29, 0.717) is 0 Å². The maximum absolute atomic E-state index is 11.6. The number of anilines is 1. The summed E-state index contributed by atoms with van der Waals surface area (Å²) in [6.45, 7) is 5.66. The summed E-state index contributed by atoms with van der Waals surface area (Å²) in [5.41, 5.74) is 2.82. The van der Waals surface area contributed by atoms with Gasteiger partial charge in [-0.3, -0.25) is 4.79 Å². The molecule has 5 nitrogen and oxygen atoms in total. The third-order valence-corrected chi connectivity index (χ3v) is 2.41. The lowest BCUT2D eigenvalue weighted by atomic mass is 10.1. The number of amides is 2. The molecule has 0 atom stereocenters. The summed E-state index contributed by atoms with van der Waals surface area (Å²) in [5, 5.41) is 5.39. The number of hydrogen-bond donors (Lipinski definition) is 2. The van der Waals surface area contributed by atoms with Crippen molar-refractivity contribution < 1.29 is 14.3 Å². The Morgan fingerprint density at radius 3 is 2.39 bits per heavy atom. The van der Waals surface area contributed by atoms with Crippen molar-refractivity contribution in [3.63, 3.8) is 0 Å². The minimum Gasteiger partial charge on any atom is -0.464 e. The van der Waals surface area contributed by atoms with E-state index in [2.05, 4.69) is 10.6 Å². The first kappa shape index (κ1) is 14.0. The lowest BCUT2D eigenvalue weighted by Crippen LogP contribution is -2.32. The van der Waals surface area contributed by atoms with Crippen LogP contribution >= 0.6 is 0 Å². The second-order valence-corrected chi connectivity index (χ2v) is 3.99. The van der Waals surface area contributed by atoms with E-state index >= 15 is 0 Å². The molecule has 1 aromatic rings. The Bertz CT molecular complexity index is 424. The van der Waals surface area contributed by atoms with E-state index in [1.807, 2.05) is 32.0 Å². The van der Waals surface area contributed by atoms with Crippen molar-refractivity contribution in [2.24, 2.45) is 0 Å². The number of aryl methyl sites for hydroxylation is 2. The van der Waals surface area contributed by atoms with Crippen LogP contribution in [-0.2, 0) is 9.53 Å². The molecule has 0 aliphatic rings. The Morgan fingerprint density at radius 1 is 1.22 bits per heavy atom. The topological polar surface area (TPSA) is 67.4 Å². The van der Waals surface area contributed by atoms with Crippen LogP contribution < -0.4 is 10.6 Å². The van der Waals surface area contributed by atoms with Crippen LogP contribution in [0.15, 0.2) is 18.2 Å². The fraction of sp³-hybridized carbons (Fsp3) is 0.385. The van der Waals surface area contributed by atoms with Gasteiger partial charge in [-0.25, -0.2) is 4.79 Å². The zero-order valence-corrected chi connectivity index (χ0v) is 10.9. The minimum absolute atomic E-state index is 0.176. The van der Waals surface area contributed by atoms with Gasteiger partial charge in [-0.15, -0.1) is 0 Å². The Hall–Kier alpha value is -2.04. The summed E-state index contributed by atoms with van der Waals surface area (Å²) in [6, 6.07) is 5.50. The molecule has 18 heavy (non-hydrogen) atoms. The average molecular weight is 250 g/mol. The third-order valence-electron chi connectivity index (χ3n) is 2.41. The number of ether oxygens (including phenoxy) is 1. The molecule has 0 spiro atoms. The first-order chi connectivity index (χ1) is 8.50. The molecular formula is C13H18N2O3. The van der Waals surface area contributed by atoms with E-state index in [1.165, 1.54) is 6.92 Å². The normalized spacial score (nSPS) is 9.72. The number of benzene rings is 1. The summed E-state index contributed by atoms with van der Waals surface area (Å²) in [7, 11) is 0. The largest absolute Gasteiger partial charge is 0.464 e. The van der Waals surface area contributed by atoms with Crippen LogP contribution in [0.5, 0.6) is 0 Å². The van der Waals surface area contributed by atoms with Crippen LogP contribution in [0.1, 0.15) is 18.1 Å². The summed E-state index contributed by atoms with van der Waals surface area (Å²) in [6.07, 6.45) is 0. The van der Waals surface area contributed by atoms with E-state index in [1.54, 1.807) is 0 Å². The first-order valence-electron chi connectivity index (χ1n) is 5.75. The van der Waals surface area contributed by atoms with Gasteiger partial charge >= 0.3 is 12.0 Å². The van der Waals surface area contributed by atoms with Gasteiger partial charge in [-0.2, -0.15) is 0 Å². The van der Waals surface area contributed by atoms with Crippen molar-refractivity contribution in [2.45, 2.75) is 20.8 Å². The van der Waals surface area contributed by atoms with Crippen molar-refractivity contribution in [3.05, 3.63) is 29.3 Å². The maximum Gasteiger partial charge on any atom is 0.319 e. The van der Waals surface area contributed by atoms with Gasteiger partial charge in [-0.05, 0) is 25.0 Å². The van der Waals surface area contributed by atoms with Gasteiger partial charge in [0.2, 0.25) is 0 Å². The lowest BCUT2D eigenvalue weighted by molar-refractivity contribution is -0.140. The molecule has 1 rings (SSSR count). The van der Waals surface area contributed by atoms with Crippen molar-refractivity contribution in [1.82, 2.24) is 5.32 Å². The SMILES string of the molecule is CC(=O)OCCNC(=O)Nc1c(C)cccc1C. The average Bonchev–Trinajstić information content (AvgIpc) is 2.29. The highest BCUT2D eigenvalue weighted by atomic mass is 16.5. The highest BCUT2D eigenvalue weighted by Gasteiger charge is 2.06. The monoisotopic (exact) mass is 250 g/mol. The van der Waals surface area contributed by atoms with E-state index < -0.39 is 0 Å². The predicted molar refractivity (Wildman–Crippen MR) is 69.6 cm³/mol. The zero-order valence-electron chi connectivity index (χ0n) is 10.9. The van der Waals surface area contributed by atoms with Crippen LogP contribution in [-0.4, -0.2) is 25.2 Å². The molecule has 5 heteroatoms. The standard InChI is InChI=1S/C13H18N2O3/c1-9-5-4-6-10(2)12(9)15-13(17)14-7-8-18-11(3)16/h4-6H,7-8H2,1-3H3,(H2,14,15,17). The van der Waals surface area contributed by atoms with Gasteiger partial charge in [0.1, 0.15) is 6.61 Å². The highest BCUT2D eigenvalue weighted by molar-refractivity contribution is 5.90. The van der Waals surface area contributed by atoms with Crippen LogP contribution in [0, 0.1) is 13.8 Å². The number of urea groups is 1. The zero-order chi connectivity index (χ0) is 13.5. The quantitative estimate of drug-likeness (QED) is 0.634. The summed E-state index contributed by atoms with van der Waals surface area (Å²) in [5.74, 6) is -0.355. The lowest BCUT2D eigenvalue weighted by Gasteiger charge is -2.12. The maximum atomic E-state index is 11.6. The highest BCUT2D eigenvalue weighted by Crippen LogP contribution is 2.18. The van der Waals surface area contributed by atoms with Crippen molar-refractivity contribution in [3.8, 4) is 0 Å². The van der Waals surface area contributed by atoms with Gasteiger partial charge in [0.25, 0.3) is 0 Å². The molecule has 0 saturated heterocycles. The molecule has 0 aliphatic heterocycles. The predicted octanol–water partition coefficient (Wildman–Crippen LogP) is 1.99. The summed E-state index contributed by atoms with van der Waals surface area (Å²) < 4.78 is 4.71. The van der Waals surface area contributed by atoms with Gasteiger partial charge in [0.05, 0.1) is 6.54 Å².